The first-order valence-corrected chi connectivity index (χ1v) is 26.2. The molecule has 0 unspecified atom stereocenters. The fourth-order valence-electron chi connectivity index (χ4n) is 10.9. The third-order valence-electron chi connectivity index (χ3n) is 14.7. The molecule has 0 aliphatic carbocycles. The summed E-state index contributed by atoms with van der Waals surface area (Å²) in [6.07, 6.45) is -4.87. The van der Waals surface area contributed by atoms with Crippen molar-refractivity contribution in [2.24, 2.45) is 0 Å². The Morgan fingerprint density at radius 2 is 0.732 bits per heavy atom. The van der Waals surface area contributed by atoms with Crippen LogP contribution in [0.3, 0.4) is 0 Å². The lowest BCUT2D eigenvalue weighted by atomic mass is 9.95. The van der Waals surface area contributed by atoms with Gasteiger partial charge in [0.1, 0.15) is 0 Å². The third kappa shape index (κ3) is 8.54. The summed E-state index contributed by atoms with van der Waals surface area (Å²) in [7, 11) is 0. The molecule has 4 heterocycles. The number of hydrogen-bond donors (Lipinski definition) is 0. The minimum Gasteiger partial charge on any atom is -0.308 e. The molecular weight excluding hydrogens is 1030 g/mol. The first kappa shape index (κ1) is 48.9. The zero-order valence-corrected chi connectivity index (χ0v) is 43.1. The molecule has 14 rings (SSSR count). The molecule has 386 valence electrons. The summed E-state index contributed by atoms with van der Waals surface area (Å²) in [6.45, 7) is 8.66. The number of nitrogens with zero attached hydrogens (tertiary/aromatic N) is 10. The predicted octanol–water partition coefficient (Wildman–Crippen LogP) is 17.4. The number of benzene rings is 10. The maximum absolute atomic E-state index is 15.3. The summed E-state index contributed by atoms with van der Waals surface area (Å²) < 4.78 is 50.0. The molecule has 0 atom stereocenters. The van der Waals surface area contributed by atoms with E-state index in [2.05, 4.69) is 15.5 Å². The Hall–Kier alpha value is -11.4. The summed E-state index contributed by atoms with van der Waals surface area (Å²) in [6, 6.07) is 75.5. The largest absolute Gasteiger partial charge is 0.417 e. The van der Waals surface area contributed by atoms with Crippen LogP contribution in [0, 0.1) is 17.9 Å². The molecule has 0 amide bonds. The monoisotopic (exact) mass is 1060 g/mol. The fraction of sp³-hybridized carbons (Fsp3) is 0.0145. The van der Waals surface area contributed by atoms with Crippen molar-refractivity contribution in [2.75, 3.05) is 0 Å². The molecule has 0 bridgehead atoms. The van der Waals surface area contributed by atoms with Gasteiger partial charge in [0.15, 0.2) is 40.6 Å². The van der Waals surface area contributed by atoms with Gasteiger partial charge in [0.2, 0.25) is 0 Å². The minimum absolute atomic E-state index is 0.0232. The number of rotatable bonds is 9. The van der Waals surface area contributed by atoms with Gasteiger partial charge in [0.25, 0.3) is 0 Å². The highest BCUT2D eigenvalue weighted by molar-refractivity contribution is 6.13. The Labute approximate surface area is 466 Å². The summed E-state index contributed by atoms with van der Waals surface area (Å²) in [4.78, 5) is 34.0. The molecular formula is C69H39F3N10. The van der Waals surface area contributed by atoms with Crippen LogP contribution in [-0.4, -0.2) is 39.0 Å². The lowest BCUT2D eigenvalue weighted by Gasteiger charge is -2.21. The van der Waals surface area contributed by atoms with E-state index in [1.165, 1.54) is 12.1 Å². The van der Waals surface area contributed by atoms with Gasteiger partial charge in [-0.25, -0.2) is 34.7 Å². The van der Waals surface area contributed by atoms with Gasteiger partial charge in [0.05, 0.1) is 57.2 Å². The molecule has 0 aliphatic heterocycles. The van der Waals surface area contributed by atoms with E-state index in [-0.39, 0.29) is 22.4 Å². The molecule has 0 saturated heterocycles. The van der Waals surface area contributed by atoms with Crippen molar-refractivity contribution in [2.45, 2.75) is 6.18 Å². The van der Waals surface area contributed by atoms with Gasteiger partial charge in [0, 0.05) is 54.9 Å². The second kappa shape index (κ2) is 19.8. The smallest absolute Gasteiger partial charge is 0.308 e. The van der Waals surface area contributed by atoms with Gasteiger partial charge in [-0.3, -0.25) is 0 Å². The zero-order valence-electron chi connectivity index (χ0n) is 43.1. The number of nitriles is 1. The van der Waals surface area contributed by atoms with Crippen LogP contribution in [0.4, 0.5) is 18.9 Å². The van der Waals surface area contributed by atoms with Crippen molar-refractivity contribution in [3.8, 4) is 96.9 Å². The van der Waals surface area contributed by atoms with E-state index < -0.39 is 11.7 Å². The van der Waals surface area contributed by atoms with Crippen LogP contribution < -0.4 is 0 Å². The van der Waals surface area contributed by atoms with E-state index in [0.29, 0.717) is 51.9 Å². The normalized spacial score (nSPS) is 11.6. The fourth-order valence-corrected chi connectivity index (χ4v) is 10.9. The Balaban J connectivity index is 1.03. The molecule has 13 heteroatoms. The number of aromatic nitrogens is 8. The van der Waals surface area contributed by atoms with Crippen LogP contribution in [0.1, 0.15) is 11.1 Å². The maximum atomic E-state index is 15.3. The van der Waals surface area contributed by atoms with E-state index >= 15 is 13.2 Å². The van der Waals surface area contributed by atoms with Crippen LogP contribution in [0.2, 0.25) is 0 Å². The van der Waals surface area contributed by atoms with Crippen LogP contribution in [-0.2, 0) is 6.18 Å². The van der Waals surface area contributed by atoms with Crippen molar-refractivity contribution in [3.63, 3.8) is 0 Å². The van der Waals surface area contributed by atoms with Crippen molar-refractivity contribution < 1.29 is 13.2 Å². The molecule has 0 spiro atoms. The number of para-hydroxylation sites is 2. The zero-order chi connectivity index (χ0) is 55.5. The summed E-state index contributed by atoms with van der Waals surface area (Å²) in [5.41, 5.74) is 7.38. The quantitative estimate of drug-likeness (QED) is 0.132. The Kier molecular flexibility index (Phi) is 11.8. The molecule has 82 heavy (non-hydrogen) atoms. The van der Waals surface area contributed by atoms with E-state index in [4.69, 9.17) is 36.5 Å². The van der Waals surface area contributed by atoms with E-state index in [0.717, 1.165) is 77.5 Å². The van der Waals surface area contributed by atoms with Gasteiger partial charge in [-0.1, -0.05) is 164 Å². The van der Waals surface area contributed by atoms with E-state index in [1.54, 1.807) is 12.1 Å². The summed E-state index contributed by atoms with van der Waals surface area (Å²) in [5.74, 6) is 2.95. The average Bonchev–Trinajstić information content (AvgIpc) is 3.97. The maximum Gasteiger partial charge on any atom is 0.417 e. The topological polar surface area (TPSA) is 115 Å². The molecule has 10 aromatic carbocycles. The van der Waals surface area contributed by atoms with Gasteiger partial charge >= 0.3 is 6.18 Å². The standard InChI is InChI=1S/C69H39F3N10/c1-74-56-40-62(82-58-29-17-15-27-51(58)54-38-48(32-35-60(54)82)68-79-65(45-22-10-4-11-23-45)76-66(80-68)46-24-12-5-13-25-46)61(39-52(56)49-33-30-42(41-73)36-55(49)69(70,71)72)81-57-28-16-14-26-50(57)53-37-47(31-34-59(53)81)67-77-63(43-18-6-2-7-19-43)75-64(78-67)44-20-8-3-9-21-44/h2-40H. The highest BCUT2D eigenvalue weighted by Gasteiger charge is 2.35. The molecule has 0 saturated carbocycles. The molecule has 0 N–H and O–H groups in total. The highest BCUT2D eigenvalue weighted by Crippen LogP contribution is 2.47. The first-order chi connectivity index (χ1) is 40.2. The molecule has 10 nitrogen and oxygen atoms in total. The lowest BCUT2D eigenvalue weighted by molar-refractivity contribution is -0.137. The van der Waals surface area contributed by atoms with Crippen LogP contribution in [0.5, 0.6) is 0 Å². The van der Waals surface area contributed by atoms with Gasteiger partial charge < -0.3 is 9.13 Å². The highest BCUT2D eigenvalue weighted by atomic mass is 19.4. The minimum atomic E-state index is -4.87. The lowest BCUT2D eigenvalue weighted by Crippen LogP contribution is -2.09. The number of alkyl halides is 3. The molecule has 0 aliphatic rings. The van der Waals surface area contributed by atoms with Crippen molar-refractivity contribution in [1.82, 2.24) is 39.0 Å². The number of halogens is 3. The molecule has 0 fully saturated rings. The summed E-state index contributed by atoms with van der Waals surface area (Å²) in [5, 5.41) is 13.2. The molecule has 0 radical (unpaired) electrons. The Morgan fingerprint density at radius 1 is 0.366 bits per heavy atom. The number of hydrogen-bond acceptors (Lipinski definition) is 7. The van der Waals surface area contributed by atoms with Crippen molar-refractivity contribution in [1.29, 1.82) is 5.26 Å². The SMILES string of the molecule is [C-]#[N+]c1cc(-n2c3ccccc3c3cc(-c4nc(-c5ccccc5)nc(-c5ccccc5)n4)ccc32)c(-n2c3ccccc3c3cc(-c4nc(-c5ccccc5)nc(-c5ccccc5)n4)ccc32)cc1-c1ccc(C#N)cc1C(F)(F)F. The second-order valence-electron chi connectivity index (χ2n) is 19.6. The predicted molar refractivity (Wildman–Crippen MR) is 316 cm³/mol. The Bertz CT molecular complexity index is 4810. The first-order valence-electron chi connectivity index (χ1n) is 26.2. The van der Waals surface area contributed by atoms with Gasteiger partial charge in [-0.05, 0) is 83.9 Å². The number of fused-ring (bicyclic) bond motifs is 6. The Morgan fingerprint density at radius 3 is 1.12 bits per heavy atom. The van der Waals surface area contributed by atoms with Crippen LogP contribution in [0.15, 0.2) is 237 Å². The molecule has 4 aromatic heterocycles. The van der Waals surface area contributed by atoms with Gasteiger partial charge in [-0.15, -0.1) is 0 Å². The van der Waals surface area contributed by atoms with Gasteiger partial charge in [-0.2, -0.15) is 18.4 Å². The average molecular weight is 1070 g/mol. The molecule has 14 aromatic rings. The van der Waals surface area contributed by atoms with E-state index in [1.807, 2.05) is 211 Å². The van der Waals surface area contributed by atoms with Crippen molar-refractivity contribution in [3.05, 3.63) is 259 Å². The van der Waals surface area contributed by atoms with E-state index in [9.17, 15) is 5.26 Å². The third-order valence-corrected chi connectivity index (χ3v) is 14.7. The van der Waals surface area contributed by atoms with Crippen LogP contribution >= 0.6 is 0 Å². The second-order valence-corrected chi connectivity index (χ2v) is 19.6. The van der Waals surface area contributed by atoms with Crippen LogP contribution in [0.25, 0.3) is 139 Å². The van der Waals surface area contributed by atoms with Crippen molar-refractivity contribution >= 4 is 49.3 Å². The summed E-state index contributed by atoms with van der Waals surface area (Å²) >= 11 is 0.